The number of likely N-dealkylation sites (N-methyl/N-ethyl adjacent to an activating group) is 2. The van der Waals surface area contributed by atoms with E-state index < -0.39 is 0 Å². The summed E-state index contributed by atoms with van der Waals surface area (Å²) in [6, 6.07) is 11.3. The maximum atomic E-state index is 6.01. The molecule has 1 aromatic rings. The Hall–Kier alpha value is -0.900. The summed E-state index contributed by atoms with van der Waals surface area (Å²) in [4.78, 5) is 2.40. The molecule has 1 N–H and O–H groups in total. The minimum atomic E-state index is 0.156. The third kappa shape index (κ3) is 4.09. The Balaban J connectivity index is 1.78. The van der Waals surface area contributed by atoms with Gasteiger partial charge in [0.15, 0.2) is 0 Å². The second-order valence-corrected chi connectivity index (χ2v) is 5.04. The zero-order valence-corrected chi connectivity index (χ0v) is 11.4. The van der Waals surface area contributed by atoms with E-state index >= 15 is 0 Å². The number of hydrogen-bond donors (Lipinski definition) is 1. The van der Waals surface area contributed by atoms with Crippen molar-refractivity contribution in [2.75, 3.05) is 33.8 Å². The Labute approximate surface area is 110 Å². The van der Waals surface area contributed by atoms with Crippen LogP contribution in [0.25, 0.3) is 0 Å². The van der Waals surface area contributed by atoms with E-state index in [1.54, 1.807) is 0 Å². The predicted octanol–water partition coefficient (Wildman–Crippen LogP) is 2.06. The van der Waals surface area contributed by atoms with Crippen molar-refractivity contribution < 1.29 is 4.74 Å². The summed E-state index contributed by atoms with van der Waals surface area (Å²) in [6.07, 6.45) is 2.87. The van der Waals surface area contributed by atoms with E-state index in [0.717, 1.165) is 25.7 Å². The molecular formula is C15H24N2O. The van der Waals surface area contributed by atoms with Crippen molar-refractivity contribution in [3.8, 4) is 0 Å². The molecule has 0 bridgehead atoms. The molecule has 3 nitrogen and oxygen atoms in total. The molecule has 0 amide bonds. The zero-order valence-electron chi connectivity index (χ0n) is 11.4. The summed E-state index contributed by atoms with van der Waals surface area (Å²) in [5, 5.41) is 3.20. The largest absolute Gasteiger partial charge is 0.371 e. The number of ether oxygens (including phenoxy) is 1. The minimum Gasteiger partial charge on any atom is -0.371 e. The molecule has 1 saturated carbocycles. The van der Waals surface area contributed by atoms with E-state index in [0.29, 0.717) is 0 Å². The van der Waals surface area contributed by atoms with Crippen molar-refractivity contribution in [2.24, 2.45) is 0 Å². The van der Waals surface area contributed by atoms with E-state index in [9.17, 15) is 0 Å². The fraction of sp³-hybridized carbons (Fsp3) is 0.600. The lowest BCUT2D eigenvalue weighted by Crippen LogP contribution is -2.27. The lowest BCUT2D eigenvalue weighted by Gasteiger charge is -2.21. The van der Waals surface area contributed by atoms with Gasteiger partial charge in [0, 0.05) is 19.1 Å². The molecule has 0 aliphatic heterocycles. The lowest BCUT2D eigenvalue weighted by molar-refractivity contribution is 0.0405. The van der Waals surface area contributed by atoms with Gasteiger partial charge in [-0.2, -0.15) is 0 Å². The molecule has 100 valence electrons. The number of nitrogens with zero attached hydrogens (tertiary/aromatic N) is 1. The summed E-state index contributed by atoms with van der Waals surface area (Å²) < 4.78 is 6.01. The SMILES string of the molecule is CNCC(OCCN(C)C1CC1)c1ccccc1. The van der Waals surface area contributed by atoms with Crippen molar-refractivity contribution in [3.63, 3.8) is 0 Å². The van der Waals surface area contributed by atoms with Crippen LogP contribution in [-0.4, -0.2) is 44.7 Å². The summed E-state index contributed by atoms with van der Waals surface area (Å²) >= 11 is 0. The molecule has 0 spiro atoms. The average molecular weight is 248 g/mol. The molecule has 1 unspecified atom stereocenters. The van der Waals surface area contributed by atoms with Gasteiger partial charge >= 0.3 is 0 Å². The van der Waals surface area contributed by atoms with Crippen LogP contribution < -0.4 is 5.32 Å². The Morgan fingerprint density at radius 1 is 1.33 bits per heavy atom. The molecule has 1 aliphatic carbocycles. The van der Waals surface area contributed by atoms with Gasteiger partial charge in [0.25, 0.3) is 0 Å². The third-order valence-corrected chi connectivity index (χ3v) is 3.49. The van der Waals surface area contributed by atoms with Crippen LogP contribution in [0.3, 0.4) is 0 Å². The monoisotopic (exact) mass is 248 g/mol. The van der Waals surface area contributed by atoms with Crippen molar-refractivity contribution in [1.82, 2.24) is 10.2 Å². The first-order valence-corrected chi connectivity index (χ1v) is 6.82. The highest BCUT2D eigenvalue weighted by Crippen LogP contribution is 2.25. The topological polar surface area (TPSA) is 24.5 Å². The van der Waals surface area contributed by atoms with E-state index in [4.69, 9.17) is 4.74 Å². The van der Waals surface area contributed by atoms with Gasteiger partial charge in [-0.1, -0.05) is 30.3 Å². The molecule has 18 heavy (non-hydrogen) atoms. The normalized spacial score (nSPS) is 17.1. The first-order chi connectivity index (χ1) is 8.81. The van der Waals surface area contributed by atoms with Gasteiger partial charge < -0.3 is 15.0 Å². The highest BCUT2D eigenvalue weighted by Gasteiger charge is 2.25. The van der Waals surface area contributed by atoms with Crippen molar-refractivity contribution >= 4 is 0 Å². The van der Waals surface area contributed by atoms with Crippen molar-refractivity contribution in [1.29, 1.82) is 0 Å². The zero-order chi connectivity index (χ0) is 12.8. The predicted molar refractivity (Wildman–Crippen MR) is 74.7 cm³/mol. The van der Waals surface area contributed by atoms with E-state index in [-0.39, 0.29) is 6.10 Å². The minimum absolute atomic E-state index is 0.156. The fourth-order valence-corrected chi connectivity index (χ4v) is 2.16. The van der Waals surface area contributed by atoms with Crippen molar-refractivity contribution in [2.45, 2.75) is 25.0 Å². The molecule has 0 saturated heterocycles. The van der Waals surface area contributed by atoms with Crippen LogP contribution in [-0.2, 0) is 4.74 Å². The highest BCUT2D eigenvalue weighted by atomic mass is 16.5. The summed E-state index contributed by atoms with van der Waals surface area (Å²) in [6.45, 7) is 2.68. The van der Waals surface area contributed by atoms with Crippen LogP contribution in [0.2, 0.25) is 0 Å². The number of nitrogens with one attached hydrogen (secondary N) is 1. The average Bonchev–Trinajstić information content (AvgIpc) is 3.23. The van der Waals surface area contributed by atoms with Gasteiger partial charge in [-0.3, -0.25) is 0 Å². The van der Waals surface area contributed by atoms with E-state index in [1.165, 1.54) is 18.4 Å². The molecule has 0 heterocycles. The standard InChI is InChI=1S/C15H24N2O/c1-16-12-15(13-6-4-3-5-7-13)18-11-10-17(2)14-8-9-14/h3-7,14-16H,8-12H2,1-2H3. The highest BCUT2D eigenvalue weighted by molar-refractivity contribution is 5.17. The van der Waals surface area contributed by atoms with Crippen LogP contribution in [0.15, 0.2) is 30.3 Å². The van der Waals surface area contributed by atoms with Gasteiger partial charge in [0.1, 0.15) is 0 Å². The second-order valence-electron chi connectivity index (χ2n) is 5.04. The Morgan fingerprint density at radius 2 is 2.06 bits per heavy atom. The number of hydrogen-bond acceptors (Lipinski definition) is 3. The van der Waals surface area contributed by atoms with Gasteiger partial charge in [-0.05, 0) is 32.5 Å². The molecule has 1 aromatic carbocycles. The Morgan fingerprint density at radius 3 is 2.67 bits per heavy atom. The molecular weight excluding hydrogens is 224 g/mol. The van der Waals surface area contributed by atoms with E-state index in [2.05, 4.69) is 41.5 Å². The second kappa shape index (κ2) is 6.88. The summed E-state index contributed by atoms with van der Waals surface area (Å²) in [7, 11) is 4.16. The molecule has 0 radical (unpaired) electrons. The Kier molecular flexibility index (Phi) is 5.17. The summed E-state index contributed by atoms with van der Waals surface area (Å²) in [5.74, 6) is 0. The quantitative estimate of drug-likeness (QED) is 0.762. The molecule has 1 fully saturated rings. The maximum absolute atomic E-state index is 6.01. The first kappa shape index (κ1) is 13.5. The van der Waals surface area contributed by atoms with Gasteiger partial charge in [0.2, 0.25) is 0 Å². The van der Waals surface area contributed by atoms with Crippen LogP contribution in [0, 0.1) is 0 Å². The summed E-state index contributed by atoms with van der Waals surface area (Å²) in [5.41, 5.74) is 1.25. The lowest BCUT2D eigenvalue weighted by atomic mass is 10.1. The number of benzene rings is 1. The van der Waals surface area contributed by atoms with E-state index in [1.807, 2.05) is 13.1 Å². The molecule has 2 rings (SSSR count). The van der Waals surface area contributed by atoms with Crippen LogP contribution in [0.1, 0.15) is 24.5 Å². The van der Waals surface area contributed by atoms with Crippen LogP contribution in [0.5, 0.6) is 0 Å². The van der Waals surface area contributed by atoms with Crippen LogP contribution >= 0.6 is 0 Å². The molecule has 1 aliphatic rings. The Bertz CT molecular complexity index is 338. The molecule has 0 aromatic heterocycles. The van der Waals surface area contributed by atoms with Gasteiger partial charge in [-0.15, -0.1) is 0 Å². The first-order valence-electron chi connectivity index (χ1n) is 6.82. The third-order valence-electron chi connectivity index (χ3n) is 3.49. The smallest absolute Gasteiger partial charge is 0.0949 e. The maximum Gasteiger partial charge on any atom is 0.0949 e. The molecule has 3 heteroatoms. The molecule has 1 atom stereocenters. The van der Waals surface area contributed by atoms with Crippen molar-refractivity contribution in [3.05, 3.63) is 35.9 Å². The van der Waals surface area contributed by atoms with Crippen LogP contribution in [0.4, 0.5) is 0 Å². The van der Waals surface area contributed by atoms with Gasteiger partial charge in [0.05, 0.1) is 12.7 Å². The number of rotatable bonds is 8. The van der Waals surface area contributed by atoms with Gasteiger partial charge in [-0.25, -0.2) is 0 Å². The fourth-order valence-electron chi connectivity index (χ4n) is 2.16.